The Morgan fingerprint density at radius 3 is 1.96 bits per heavy atom. The van der Waals surface area contributed by atoms with E-state index >= 15 is 0 Å². The monoisotopic (exact) mass is 410 g/mol. The topological polar surface area (TPSA) is 83.8 Å². The van der Waals surface area contributed by atoms with Crippen LogP contribution < -0.4 is 4.74 Å². The van der Waals surface area contributed by atoms with E-state index in [2.05, 4.69) is 11.8 Å². The summed E-state index contributed by atoms with van der Waals surface area (Å²) in [6.07, 6.45) is 10.6. The lowest BCUT2D eigenvalue weighted by molar-refractivity contribution is 0.151. The molecule has 0 saturated carbocycles. The van der Waals surface area contributed by atoms with Crippen LogP contribution in [-0.4, -0.2) is 36.5 Å². The van der Waals surface area contributed by atoms with Crippen LogP contribution in [0.2, 0.25) is 0 Å². The molecule has 0 saturated heterocycles. The van der Waals surface area contributed by atoms with Crippen molar-refractivity contribution in [3.05, 3.63) is 30.3 Å². The number of rotatable bonds is 15. The molecule has 1 aromatic rings. The van der Waals surface area contributed by atoms with Gasteiger partial charge in [0, 0.05) is 6.42 Å². The molecule has 0 fully saturated rings. The third-order valence-electron chi connectivity index (χ3n) is 4.37. The van der Waals surface area contributed by atoms with Crippen molar-refractivity contribution in [3.8, 4) is 17.6 Å². The second-order valence-corrected chi connectivity index (χ2v) is 8.60. The number of aliphatic hydroxyl groups is 1. The van der Waals surface area contributed by atoms with Gasteiger partial charge in [-0.25, -0.2) is 0 Å². The van der Waals surface area contributed by atoms with E-state index in [-0.39, 0.29) is 12.4 Å². The van der Waals surface area contributed by atoms with Crippen molar-refractivity contribution in [2.75, 3.05) is 12.4 Å². The van der Waals surface area contributed by atoms with Crippen LogP contribution in [0.25, 0.3) is 0 Å². The average Bonchev–Trinajstić information content (AvgIpc) is 2.66. The highest BCUT2D eigenvalue weighted by Gasteiger charge is 2.03. The standard InChI is InChI=1S/C22H34O5S/c23-21(20-27-22-17-13-11-14-18-22)16-12-9-7-5-3-1-2-4-6-8-10-15-19-28(24,25)26/h11,13-14,17-18,21,23H,1-10,15,19-20H2,(H,24,25,26)/t21-/m1/s1. The Labute approximate surface area is 170 Å². The van der Waals surface area contributed by atoms with Crippen LogP contribution >= 0.6 is 0 Å². The first-order chi connectivity index (χ1) is 13.5. The molecule has 6 heteroatoms. The minimum atomic E-state index is -3.79. The van der Waals surface area contributed by atoms with E-state index in [4.69, 9.17) is 9.29 Å². The number of aliphatic hydroxyl groups excluding tert-OH is 1. The van der Waals surface area contributed by atoms with Crippen molar-refractivity contribution in [3.63, 3.8) is 0 Å². The van der Waals surface area contributed by atoms with Crippen LogP contribution in [0.3, 0.4) is 0 Å². The summed E-state index contributed by atoms with van der Waals surface area (Å²) in [5.41, 5.74) is 0. The molecule has 158 valence electrons. The highest BCUT2D eigenvalue weighted by Crippen LogP contribution is 2.12. The Hall–Kier alpha value is -1.55. The van der Waals surface area contributed by atoms with Crippen molar-refractivity contribution >= 4 is 10.1 Å². The predicted octanol–water partition coefficient (Wildman–Crippen LogP) is 4.61. The Bertz CT molecular complexity index is 661. The van der Waals surface area contributed by atoms with Crippen molar-refractivity contribution in [2.24, 2.45) is 0 Å². The first-order valence-electron chi connectivity index (χ1n) is 10.3. The fourth-order valence-electron chi connectivity index (χ4n) is 2.84. The Balaban J connectivity index is 1.87. The Morgan fingerprint density at radius 1 is 0.857 bits per heavy atom. The number of para-hydroxylation sites is 1. The van der Waals surface area contributed by atoms with Gasteiger partial charge >= 0.3 is 0 Å². The molecule has 0 bridgehead atoms. The summed E-state index contributed by atoms with van der Waals surface area (Å²) in [5.74, 6) is 6.47. The second kappa shape index (κ2) is 15.4. The van der Waals surface area contributed by atoms with E-state index in [0.717, 1.165) is 44.3 Å². The largest absolute Gasteiger partial charge is 0.490 e. The van der Waals surface area contributed by atoms with E-state index < -0.39 is 16.2 Å². The molecule has 1 rings (SSSR count). The summed E-state index contributed by atoms with van der Waals surface area (Å²) in [4.78, 5) is 0. The highest BCUT2D eigenvalue weighted by atomic mass is 32.2. The normalized spacial score (nSPS) is 12.2. The first kappa shape index (κ1) is 24.5. The van der Waals surface area contributed by atoms with Crippen LogP contribution in [-0.2, 0) is 10.1 Å². The van der Waals surface area contributed by atoms with Gasteiger partial charge in [-0.05, 0) is 25.0 Å². The molecule has 28 heavy (non-hydrogen) atoms. The van der Waals surface area contributed by atoms with Gasteiger partial charge in [-0.2, -0.15) is 8.42 Å². The van der Waals surface area contributed by atoms with Gasteiger partial charge < -0.3 is 9.84 Å². The molecular weight excluding hydrogens is 376 g/mol. The maximum atomic E-state index is 10.6. The summed E-state index contributed by atoms with van der Waals surface area (Å²) in [7, 11) is -3.79. The smallest absolute Gasteiger partial charge is 0.264 e. The lowest BCUT2D eigenvalue weighted by Gasteiger charge is -2.06. The highest BCUT2D eigenvalue weighted by molar-refractivity contribution is 7.85. The molecule has 0 aliphatic carbocycles. The van der Waals surface area contributed by atoms with Crippen LogP contribution in [0.15, 0.2) is 30.3 Å². The fourth-order valence-corrected chi connectivity index (χ4v) is 3.40. The molecule has 0 radical (unpaired) electrons. The number of hydrogen-bond donors (Lipinski definition) is 2. The van der Waals surface area contributed by atoms with E-state index in [1.54, 1.807) is 0 Å². The third-order valence-corrected chi connectivity index (χ3v) is 5.18. The molecule has 0 aliphatic rings. The molecule has 5 nitrogen and oxygen atoms in total. The SMILES string of the molecule is O=S(=O)(O)CCCCCCCCCCCCC#C[C@@H](O)COc1ccccc1. The molecule has 0 unspecified atom stereocenters. The molecule has 0 spiro atoms. The molecule has 0 heterocycles. The maximum absolute atomic E-state index is 10.6. The average molecular weight is 411 g/mol. The quantitative estimate of drug-likeness (QED) is 0.251. The van der Waals surface area contributed by atoms with Gasteiger partial charge in [0.05, 0.1) is 5.75 Å². The summed E-state index contributed by atoms with van der Waals surface area (Å²) >= 11 is 0. The lowest BCUT2D eigenvalue weighted by Crippen LogP contribution is -2.15. The van der Waals surface area contributed by atoms with Gasteiger partial charge in [0.1, 0.15) is 18.5 Å². The molecule has 2 N–H and O–H groups in total. The lowest BCUT2D eigenvalue weighted by atomic mass is 10.1. The maximum Gasteiger partial charge on any atom is 0.264 e. The Kier molecular flexibility index (Phi) is 13.5. The zero-order valence-electron chi connectivity index (χ0n) is 16.7. The second-order valence-electron chi connectivity index (χ2n) is 7.03. The number of benzene rings is 1. The van der Waals surface area contributed by atoms with Gasteiger partial charge in [-0.15, -0.1) is 5.92 Å². The van der Waals surface area contributed by atoms with Gasteiger partial charge in [-0.3, -0.25) is 4.55 Å². The van der Waals surface area contributed by atoms with E-state index in [0.29, 0.717) is 6.42 Å². The number of unbranched alkanes of at least 4 members (excludes halogenated alkanes) is 10. The molecule has 1 atom stereocenters. The van der Waals surface area contributed by atoms with E-state index in [9.17, 15) is 13.5 Å². The van der Waals surface area contributed by atoms with Gasteiger partial charge in [0.15, 0.2) is 0 Å². The minimum Gasteiger partial charge on any atom is -0.490 e. The first-order valence-corrected chi connectivity index (χ1v) is 11.9. The summed E-state index contributed by atoms with van der Waals surface area (Å²) in [6.45, 7) is 0.187. The van der Waals surface area contributed by atoms with Crippen molar-refractivity contribution in [2.45, 2.75) is 76.7 Å². The van der Waals surface area contributed by atoms with Gasteiger partial charge in [0.2, 0.25) is 0 Å². The van der Waals surface area contributed by atoms with Crippen molar-refractivity contribution in [1.82, 2.24) is 0 Å². The van der Waals surface area contributed by atoms with Crippen LogP contribution in [0.5, 0.6) is 5.75 Å². The molecule has 1 aromatic carbocycles. The molecule has 0 amide bonds. The van der Waals surface area contributed by atoms with Gasteiger partial charge in [0.25, 0.3) is 10.1 Å². The molecule has 0 aromatic heterocycles. The third kappa shape index (κ3) is 15.5. The minimum absolute atomic E-state index is 0.118. The van der Waals surface area contributed by atoms with E-state index in [1.165, 1.54) is 25.7 Å². The fraction of sp³-hybridized carbons (Fsp3) is 0.636. The summed E-state index contributed by atoms with van der Waals surface area (Å²) in [6, 6.07) is 9.40. The van der Waals surface area contributed by atoms with Crippen molar-refractivity contribution in [1.29, 1.82) is 0 Å². The van der Waals surface area contributed by atoms with Crippen molar-refractivity contribution < 1.29 is 22.8 Å². The zero-order chi connectivity index (χ0) is 20.5. The summed E-state index contributed by atoms with van der Waals surface area (Å²) < 4.78 is 35.2. The van der Waals surface area contributed by atoms with Crippen LogP contribution in [0.4, 0.5) is 0 Å². The van der Waals surface area contributed by atoms with E-state index in [1.807, 2.05) is 30.3 Å². The number of hydrogen-bond acceptors (Lipinski definition) is 4. The van der Waals surface area contributed by atoms with Crippen LogP contribution in [0.1, 0.15) is 70.6 Å². The zero-order valence-corrected chi connectivity index (χ0v) is 17.5. The molecular formula is C22H34O5S. The summed E-state index contributed by atoms with van der Waals surface area (Å²) in [5, 5.41) is 9.79. The predicted molar refractivity (Wildman–Crippen MR) is 113 cm³/mol. The molecule has 0 aliphatic heterocycles. The number of ether oxygens (including phenoxy) is 1. The van der Waals surface area contributed by atoms with Gasteiger partial charge in [-0.1, -0.05) is 75.5 Å². The Morgan fingerprint density at radius 2 is 1.39 bits per heavy atom. The van der Waals surface area contributed by atoms with Crippen LogP contribution in [0, 0.1) is 11.8 Å².